The number of rotatable bonds is 7. The first-order chi connectivity index (χ1) is 23.6. The van der Waals surface area contributed by atoms with Crippen LogP contribution in [0.1, 0.15) is 71.3 Å². The smallest absolute Gasteiger partial charge is 0.358 e. The molecular formula is C39H40N6O3S. The Morgan fingerprint density at radius 2 is 1.86 bits per heavy atom. The molecule has 0 unspecified atom stereocenters. The lowest BCUT2D eigenvalue weighted by Crippen LogP contribution is -2.33. The molecular weight excluding hydrogens is 633 g/mol. The highest BCUT2D eigenvalue weighted by Crippen LogP contribution is 2.44. The van der Waals surface area contributed by atoms with E-state index in [-0.39, 0.29) is 11.6 Å². The number of esters is 1. The number of nitrogens with zero attached hydrogens (tertiary/aromatic N) is 5. The maximum Gasteiger partial charge on any atom is 0.358 e. The van der Waals surface area contributed by atoms with Crippen LogP contribution in [0.25, 0.3) is 21.3 Å². The van der Waals surface area contributed by atoms with Gasteiger partial charge < -0.3 is 9.64 Å². The van der Waals surface area contributed by atoms with Crippen LogP contribution in [0.3, 0.4) is 0 Å². The van der Waals surface area contributed by atoms with Crippen LogP contribution in [0.2, 0.25) is 0 Å². The number of aromatic nitrogens is 4. The minimum atomic E-state index is -0.684. The van der Waals surface area contributed by atoms with Gasteiger partial charge in [-0.25, -0.2) is 14.8 Å². The Balaban J connectivity index is 1.08. The zero-order valence-electron chi connectivity index (χ0n) is 28.3. The van der Waals surface area contributed by atoms with Gasteiger partial charge in [0.1, 0.15) is 11.4 Å². The molecule has 49 heavy (non-hydrogen) atoms. The van der Waals surface area contributed by atoms with Gasteiger partial charge in [0.15, 0.2) is 10.8 Å². The number of hydrogen-bond donors (Lipinski definition) is 1. The fourth-order valence-electron chi connectivity index (χ4n) is 7.63. The summed E-state index contributed by atoms with van der Waals surface area (Å²) >= 11 is 1.46. The van der Waals surface area contributed by atoms with Gasteiger partial charge in [-0.15, -0.1) is 0 Å². The van der Waals surface area contributed by atoms with Crippen molar-refractivity contribution in [1.82, 2.24) is 19.7 Å². The number of thiazole rings is 1. The molecule has 8 rings (SSSR count). The first kappa shape index (κ1) is 31.4. The second-order valence-corrected chi connectivity index (χ2v) is 15.5. The Bertz CT molecular complexity index is 2090. The summed E-state index contributed by atoms with van der Waals surface area (Å²) in [6.07, 6.45) is 9.80. The molecule has 5 aromatic rings. The van der Waals surface area contributed by atoms with Crippen LogP contribution < -0.4 is 10.2 Å². The fraction of sp³-hybridized carbons (Fsp3) is 0.359. The van der Waals surface area contributed by atoms with Crippen LogP contribution >= 0.6 is 11.3 Å². The van der Waals surface area contributed by atoms with E-state index in [0.29, 0.717) is 52.9 Å². The summed E-state index contributed by atoms with van der Waals surface area (Å²) in [7, 11) is 0. The monoisotopic (exact) mass is 672 g/mol. The number of carbonyl (C=O) groups is 2. The molecule has 3 atom stereocenters. The normalized spacial score (nSPS) is 19.8. The summed E-state index contributed by atoms with van der Waals surface area (Å²) in [5, 5.41) is 8.37. The second kappa shape index (κ2) is 12.2. The van der Waals surface area contributed by atoms with Crippen molar-refractivity contribution in [2.24, 2.45) is 17.8 Å². The van der Waals surface area contributed by atoms with E-state index in [1.807, 2.05) is 75.5 Å². The van der Waals surface area contributed by atoms with E-state index < -0.39 is 11.6 Å². The van der Waals surface area contributed by atoms with Crippen LogP contribution in [0.5, 0.6) is 0 Å². The Morgan fingerprint density at radius 3 is 2.63 bits per heavy atom. The topological polar surface area (TPSA) is 102 Å². The Morgan fingerprint density at radius 1 is 1.00 bits per heavy atom. The number of pyridine rings is 1. The Labute approximate surface area is 290 Å². The summed E-state index contributed by atoms with van der Waals surface area (Å²) in [5.41, 5.74) is 5.75. The third kappa shape index (κ3) is 6.14. The third-order valence-corrected chi connectivity index (χ3v) is 11.0. The number of allylic oxidation sites excluding steroid dienone is 2. The van der Waals surface area contributed by atoms with Crippen LogP contribution in [0.15, 0.2) is 72.9 Å². The SMILES string of the molecule is Cc1c(-c2ccc(N3CCc4cccc(C(=O)Nc5nc6ccccc6s5)c4C3)nc2C(=O)OC(C)(C)C)cnn1C[C@@H]1C[C@H]2C=C[C@H]1C2. The molecule has 0 radical (unpaired) electrons. The number of ether oxygens (including phenoxy) is 1. The van der Waals surface area contributed by atoms with Gasteiger partial charge in [0, 0.05) is 42.0 Å². The predicted octanol–water partition coefficient (Wildman–Crippen LogP) is 7.85. The highest BCUT2D eigenvalue weighted by atomic mass is 32.1. The Hall–Kier alpha value is -4.83. The Kier molecular flexibility index (Phi) is 7.86. The molecule has 1 fully saturated rings. The number of benzene rings is 2. The zero-order valence-corrected chi connectivity index (χ0v) is 29.1. The van der Waals surface area contributed by atoms with Crippen molar-refractivity contribution in [2.75, 3.05) is 16.8 Å². The van der Waals surface area contributed by atoms with E-state index in [4.69, 9.17) is 14.8 Å². The quantitative estimate of drug-likeness (QED) is 0.139. The molecule has 1 amide bonds. The van der Waals surface area contributed by atoms with Crippen molar-refractivity contribution in [3.8, 4) is 11.1 Å². The van der Waals surface area contributed by atoms with Gasteiger partial charge >= 0.3 is 5.97 Å². The van der Waals surface area contributed by atoms with Gasteiger partial charge in [-0.05, 0) is 106 Å². The van der Waals surface area contributed by atoms with Crippen LogP contribution in [0, 0.1) is 24.7 Å². The van der Waals surface area contributed by atoms with Gasteiger partial charge in [-0.3, -0.25) is 14.8 Å². The van der Waals surface area contributed by atoms with Crippen LogP contribution in [-0.2, 0) is 24.2 Å². The summed E-state index contributed by atoms with van der Waals surface area (Å²) in [5.74, 6) is 1.92. The molecule has 4 heterocycles. The average Bonchev–Trinajstić information content (AvgIpc) is 3.88. The largest absolute Gasteiger partial charge is 0.455 e. The molecule has 9 nitrogen and oxygen atoms in total. The lowest BCUT2D eigenvalue weighted by atomic mass is 9.93. The molecule has 0 saturated heterocycles. The van der Waals surface area contributed by atoms with Crippen molar-refractivity contribution in [1.29, 1.82) is 0 Å². The van der Waals surface area contributed by atoms with Gasteiger partial charge in [-0.2, -0.15) is 5.10 Å². The molecule has 1 N–H and O–H groups in total. The number of hydrogen-bond acceptors (Lipinski definition) is 8. The molecule has 10 heteroatoms. The van der Waals surface area contributed by atoms with Crippen molar-refractivity contribution < 1.29 is 14.3 Å². The minimum Gasteiger partial charge on any atom is -0.455 e. The summed E-state index contributed by atoms with van der Waals surface area (Å²) in [4.78, 5) is 39.1. The van der Waals surface area contributed by atoms with E-state index in [9.17, 15) is 9.59 Å². The molecule has 1 saturated carbocycles. The molecule has 2 bridgehead atoms. The summed E-state index contributed by atoms with van der Waals surface area (Å²) in [6.45, 7) is 9.71. The predicted molar refractivity (Wildman–Crippen MR) is 193 cm³/mol. The average molecular weight is 673 g/mol. The standard InChI is InChI=1S/C39H40N6O3S/c1-23-30(20-40-45(23)21-27-19-24-12-13-26(27)18-24)28-14-15-34(42-35(28)37(47)48-39(2,3)4)44-17-16-25-8-7-9-29(31(25)22-44)36(46)43-38-41-32-10-5-6-11-33(32)49-38/h5-15,20,24,26-27H,16-19,21-22H2,1-4H3,(H,41,43,46)/t24-,26-,27-/m0/s1. The molecule has 0 spiro atoms. The number of amides is 1. The molecule has 2 aliphatic carbocycles. The molecule has 1 aliphatic heterocycles. The van der Waals surface area contributed by atoms with Gasteiger partial charge in [0.2, 0.25) is 0 Å². The molecule has 3 aromatic heterocycles. The van der Waals surface area contributed by atoms with E-state index in [2.05, 4.69) is 45.0 Å². The number of anilines is 2. The lowest BCUT2D eigenvalue weighted by Gasteiger charge is -2.31. The van der Waals surface area contributed by atoms with Gasteiger partial charge in [0.25, 0.3) is 5.91 Å². The third-order valence-electron chi connectivity index (χ3n) is 10.0. The number of carbonyl (C=O) groups excluding carboxylic acids is 2. The van der Waals surface area contributed by atoms with Crippen molar-refractivity contribution in [2.45, 2.75) is 65.6 Å². The van der Waals surface area contributed by atoms with E-state index in [0.717, 1.165) is 45.6 Å². The lowest BCUT2D eigenvalue weighted by molar-refractivity contribution is 0.00638. The van der Waals surface area contributed by atoms with Crippen molar-refractivity contribution >= 4 is 44.4 Å². The van der Waals surface area contributed by atoms with E-state index in [1.54, 1.807) is 0 Å². The number of fused-ring (bicyclic) bond motifs is 4. The second-order valence-electron chi connectivity index (χ2n) is 14.5. The zero-order chi connectivity index (χ0) is 33.9. The highest BCUT2D eigenvalue weighted by molar-refractivity contribution is 7.22. The van der Waals surface area contributed by atoms with Crippen LogP contribution in [0.4, 0.5) is 10.9 Å². The van der Waals surface area contributed by atoms with Gasteiger partial charge in [0.05, 0.1) is 16.4 Å². The van der Waals surface area contributed by atoms with E-state index >= 15 is 0 Å². The van der Waals surface area contributed by atoms with Crippen molar-refractivity contribution in [3.63, 3.8) is 0 Å². The number of para-hydroxylation sites is 1. The first-order valence-electron chi connectivity index (χ1n) is 17.1. The summed E-state index contributed by atoms with van der Waals surface area (Å²) in [6, 6.07) is 17.7. The maximum absolute atomic E-state index is 13.8. The molecule has 2 aromatic carbocycles. The van der Waals surface area contributed by atoms with Crippen LogP contribution in [-0.4, -0.2) is 43.8 Å². The van der Waals surface area contributed by atoms with E-state index in [1.165, 1.54) is 24.2 Å². The number of nitrogens with one attached hydrogen (secondary N) is 1. The molecule has 3 aliphatic rings. The minimum absolute atomic E-state index is 0.190. The fourth-order valence-corrected chi connectivity index (χ4v) is 8.49. The van der Waals surface area contributed by atoms with Gasteiger partial charge in [-0.1, -0.05) is 47.8 Å². The first-order valence-corrected chi connectivity index (χ1v) is 17.9. The van der Waals surface area contributed by atoms with Crippen molar-refractivity contribution in [3.05, 3.63) is 101 Å². The summed E-state index contributed by atoms with van der Waals surface area (Å²) < 4.78 is 9.00. The highest BCUT2D eigenvalue weighted by Gasteiger charge is 2.36. The maximum atomic E-state index is 13.8. The molecule has 250 valence electrons.